The predicted octanol–water partition coefficient (Wildman–Crippen LogP) is 2.91. The maximum atomic E-state index is 11.5. The fourth-order valence-electron chi connectivity index (χ4n) is 2.03. The van der Waals surface area contributed by atoms with Gasteiger partial charge in [0.05, 0.1) is 5.52 Å². The van der Waals surface area contributed by atoms with Gasteiger partial charge < -0.3 is 10.4 Å². The van der Waals surface area contributed by atoms with Crippen LogP contribution in [0.25, 0.3) is 21.3 Å². The van der Waals surface area contributed by atoms with Gasteiger partial charge in [-0.05, 0) is 23.7 Å². The summed E-state index contributed by atoms with van der Waals surface area (Å²) >= 11 is 6.10. The molecule has 0 saturated carbocycles. The van der Waals surface area contributed by atoms with Crippen molar-refractivity contribution >= 4 is 28.5 Å². The van der Waals surface area contributed by atoms with Gasteiger partial charge in [-0.15, -0.1) is 0 Å². The van der Waals surface area contributed by atoms with Gasteiger partial charge in [-0.1, -0.05) is 22.8 Å². The Morgan fingerprint density at radius 2 is 2.33 bits per heavy atom. The number of hydrogen-bond acceptors (Lipinski definition) is 4. The molecule has 0 saturated heterocycles. The Balaban J connectivity index is 2.38. The Morgan fingerprint density at radius 1 is 1.52 bits per heavy atom. The summed E-state index contributed by atoms with van der Waals surface area (Å²) in [6.45, 7) is 0.414. The van der Waals surface area contributed by atoms with Gasteiger partial charge in [0, 0.05) is 40.2 Å². The number of nitrogens with one attached hydrogen (secondary N) is 1. The molecule has 21 heavy (non-hydrogen) atoms. The number of hydrogen-bond donors (Lipinski definition) is 2. The third kappa shape index (κ3) is 3.41. The van der Waals surface area contributed by atoms with E-state index in [0.29, 0.717) is 21.5 Å². The number of carboxylic acids is 1. The van der Waals surface area contributed by atoms with Gasteiger partial charge in [-0.3, -0.25) is 9.78 Å². The lowest BCUT2D eigenvalue weighted by Gasteiger charge is -2.16. The lowest BCUT2D eigenvalue weighted by atomic mass is 10.0. The van der Waals surface area contributed by atoms with Crippen molar-refractivity contribution in [2.75, 3.05) is 13.1 Å². The van der Waals surface area contributed by atoms with Gasteiger partial charge in [0.2, 0.25) is 0 Å². The number of fused-ring (bicyclic) bond motifs is 1. The smallest absolute Gasteiger partial charge is 0.325 e. The van der Waals surface area contributed by atoms with Crippen LogP contribution in [0.2, 0.25) is 5.02 Å². The Morgan fingerprint density at radius 3 is 3.05 bits per heavy atom. The van der Waals surface area contributed by atoms with E-state index in [1.54, 1.807) is 30.5 Å². The average molecular weight is 306 g/mol. The van der Waals surface area contributed by atoms with Crippen molar-refractivity contribution in [1.29, 1.82) is 0 Å². The van der Waals surface area contributed by atoms with Crippen LogP contribution in [0.15, 0.2) is 35.6 Å². The molecule has 0 fully saturated rings. The second-order valence-corrected chi connectivity index (χ2v) is 4.62. The highest BCUT2D eigenvalue weighted by molar-refractivity contribution is 6.35. The van der Waals surface area contributed by atoms with Crippen molar-refractivity contribution in [3.05, 3.63) is 51.5 Å². The zero-order chi connectivity index (χ0) is 15.2. The number of nitrogens with zero attached hydrogens (tertiary/aromatic N) is 4. The first-order valence-corrected chi connectivity index (χ1v) is 6.53. The Labute approximate surface area is 125 Å². The molecule has 0 spiro atoms. The summed E-state index contributed by atoms with van der Waals surface area (Å²) in [4.78, 5) is 18.3. The highest BCUT2D eigenvalue weighted by atomic mass is 35.5. The molecule has 0 aliphatic carbocycles. The van der Waals surface area contributed by atoms with E-state index in [-0.39, 0.29) is 13.1 Å². The van der Waals surface area contributed by atoms with E-state index < -0.39 is 12.0 Å². The van der Waals surface area contributed by atoms with Crippen molar-refractivity contribution < 1.29 is 9.90 Å². The molecule has 0 bridgehead atoms. The minimum absolute atomic E-state index is 0.166. The third-order valence-electron chi connectivity index (χ3n) is 2.93. The number of aliphatic carboxylic acids is 1. The molecule has 1 aromatic carbocycles. The Hall–Kier alpha value is -2.34. The SMILES string of the molecule is [N-]=[N+]=NCCNC(C(=O)O)c1ccc(Cl)c2cccnc12. The second kappa shape index (κ2) is 6.90. The van der Waals surface area contributed by atoms with Crippen LogP contribution in [-0.4, -0.2) is 29.1 Å². The van der Waals surface area contributed by atoms with Gasteiger partial charge in [0.1, 0.15) is 6.04 Å². The van der Waals surface area contributed by atoms with E-state index in [1.807, 2.05) is 0 Å². The van der Waals surface area contributed by atoms with Crippen molar-refractivity contribution in [3.63, 3.8) is 0 Å². The minimum Gasteiger partial charge on any atom is -0.480 e. The summed E-state index contributed by atoms with van der Waals surface area (Å²) in [5.74, 6) is -1.04. The average Bonchev–Trinajstić information content (AvgIpc) is 2.49. The fourth-order valence-corrected chi connectivity index (χ4v) is 2.24. The van der Waals surface area contributed by atoms with Crippen LogP contribution in [0.5, 0.6) is 0 Å². The van der Waals surface area contributed by atoms with Crippen LogP contribution in [0.3, 0.4) is 0 Å². The molecule has 0 amide bonds. The van der Waals surface area contributed by atoms with Gasteiger partial charge in [0.25, 0.3) is 0 Å². The molecule has 8 heteroatoms. The third-order valence-corrected chi connectivity index (χ3v) is 3.26. The van der Waals surface area contributed by atoms with Crippen molar-refractivity contribution in [1.82, 2.24) is 10.3 Å². The normalized spacial score (nSPS) is 11.9. The van der Waals surface area contributed by atoms with Crippen LogP contribution in [0.4, 0.5) is 0 Å². The largest absolute Gasteiger partial charge is 0.480 e. The van der Waals surface area contributed by atoms with Gasteiger partial charge >= 0.3 is 5.97 Å². The summed E-state index contributed by atoms with van der Waals surface area (Å²) < 4.78 is 0. The topological polar surface area (TPSA) is 111 Å². The van der Waals surface area contributed by atoms with Crippen LogP contribution < -0.4 is 5.32 Å². The zero-order valence-electron chi connectivity index (χ0n) is 10.9. The minimum atomic E-state index is -1.04. The van der Waals surface area contributed by atoms with Crippen LogP contribution in [-0.2, 0) is 4.79 Å². The molecule has 2 N–H and O–H groups in total. The first-order valence-electron chi connectivity index (χ1n) is 6.15. The maximum Gasteiger partial charge on any atom is 0.325 e. The van der Waals surface area contributed by atoms with Crippen LogP contribution in [0.1, 0.15) is 11.6 Å². The fraction of sp³-hybridized carbons (Fsp3) is 0.231. The van der Waals surface area contributed by atoms with E-state index in [9.17, 15) is 9.90 Å². The summed E-state index contributed by atoms with van der Waals surface area (Å²) in [5.41, 5.74) is 9.27. The molecular weight excluding hydrogens is 294 g/mol. The predicted molar refractivity (Wildman–Crippen MR) is 79.1 cm³/mol. The highest BCUT2D eigenvalue weighted by Crippen LogP contribution is 2.28. The second-order valence-electron chi connectivity index (χ2n) is 4.22. The van der Waals surface area contributed by atoms with Gasteiger partial charge in [0.15, 0.2) is 0 Å². The summed E-state index contributed by atoms with van der Waals surface area (Å²) in [7, 11) is 0. The van der Waals surface area contributed by atoms with E-state index in [4.69, 9.17) is 17.1 Å². The number of halogens is 1. The molecule has 1 heterocycles. The number of carboxylic acid groups (broad SMARTS) is 1. The summed E-state index contributed by atoms with van der Waals surface area (Å²) in [6, 6.07) is 5.85. The van der Waals surface area contributed by atoms with Crippen molar-refractivity contribution in [3.8, 4) is 0 Å². The Kier molecular flexibility index (Phi) is 4.94. The molecule has 7 nitrogen and oxygen atoms in total. The molecule has 0 radical (unpaired) electrons. The molecule has 1 aromatic heterocycles. The molecule has 2 aromatic rings. The van der Waals surface area contributed by atoms with Gasteiger partial charge in [-0.25, -0.2) is 0 Å². The maximum absolute atomic E-state index is 11.5. The molecule has 1 atom stereocenters. The first kappa shape index (κ1) is 15.1. The lowest BCUT2D eigenvalue weighted by molar-refractivity contribution is -0.139. The number of rotatable bonds is 6. The molecule has 108 valence electrons. The van der Waals surface area contributed by atoms with Crippen molar-refractivity contribution in [2.45, 2.75) is 6.04 Å². The highest BCUT2D eigenvalue weighted by Gasteiger charge is 2.22. The van der Waals surface area contributed by atoms with Crippen LogP contribution in [0, 0.1) is 0 Å². The number of azide groups is 1. The number of carbonyl (C=O) groups is 1. The van der Waals surface area contributed by atoms with E-state index in [1.165, 1.54) is 0 Å². The monoisotopic (exact) mass is 305 g/mol. The van der Waals surface area contributed by atoms with Gasteiger partial charge in [-0.2, -0.15) is 0 Å². The first-order chi connectivity index (χ1) is 10.1. The van der Waals surface area contributed by atoms with E-state index in [0.717, 1.165) is 0 Å². The number of aromatic nitrogens is 1. The van der Waals surface area contributed by atoms with Crippen molar-refractivity contribution in [2.24, 2.45) is 5.11 Å². The molecular formula is C13H12ClN5O2. The standard InChI is InChI=1S/C13H12ClN5O2/c14-10-4-3-9(11-8(10)2-1-5-16-11)12(13(20)21)17-6-7-18-19-15/h1-5,12,17H,6-7H2,(H,20,21). The van der Waals surface area contributed by atoms with E-state index in [2.05, 4.69) is 20.3 Å². The lowest BCUT2D eigenvalue weighted by Crippen LogP contribution is -2.30. The summed E-state index contributed by atoms with van der Waals surface area (Å²) in [6.07, 6.45) is 1.58. The number of pyridine rings is 1. The van der Waals surface area contributed by atoms with Crippen LogP contribution >= 0.6 is 11.6 Å². The Bertz CT molecular complexity index is 715. The molecule has 2 rings (SSSR count). The molecule has 0 aliphatic rings. The van der Waals surface area contributed by atoms with E-state index >= 15 is 0 Å². The number of benzene rings is 1. The molecule has 0 aliphatic heterocycles. The zero-order valence-corrected chi connectivity index (χ0v) is 11.7. The quantitative estimate of drug-likeness (QED) is 0.370. The molecule has 1 unspecified atom stereocenters. The summed E-state index contributed by atoms with van der Waals surface area (Å²) in [5, 5.41) is 16.8.